The van der Waals surface area contributed by atoms with Gasteiger partial charge in [-0.25, -0.2) is 0 Å². The molecule has 59 heavy (non-hydrogen) atoms. The number of aliphatic hydroxyl groups excluding tert-OH is 4. The van der Waals surface area contributed by atoms with Gasteiger partial charge in [-0.3, -0.25) is 9.59 Å². The molecule has 10 heteroatoms. The fourth-order valence-electron chi connectivity index (χ4n) is 6.25. The van der Waals surface area contributed by atoms with E-state index in [0.717, 1.165) is 89.9 Å². The minimum Gasteiger partial charge on any atom is -0.462 e. The summed E-state index contributed by atoms with van der Waals surface area (Å²) >= 11 is 0. The molecule has 0 bridgehead atoms. The predicted octanol–water partition coefficient (Wildman–Crippen LogP) is 9.76. The summed E-state index contributed by atoms with van der Waals surface area (Å²) in [5, 5.41) is 40.1. The van der Waals surface area contributed by atoms with Gasteiger partial charge < -0.3 is 39.4 Å². The quantitative estimate of drug-likeness (QED) is 0.0208. The second kappa shape index (κ2) is 39.1. The first-order valence-corrected chi connectivity index (χ1v) is 22.7. The lowest BCUT2D eigenvalue weighted by atomic mass is 9.99. The number of aliphatic hydroxyl groups is 4. The average Bonchev–Trinajstić information content (AvgIpc) is 3.23. The smallest absolute Gasteiger partial charge is 0.306 e. The van der Waals surface area contributed by atoms with E-state index in [4.69, 9.17) is 18.9 Å². The lowest BCUT2D eigenvalue weighted by Crippen LogP contribution is -2.59. The minimum atomic E-state index is -1.61. The van der Waals surface area contributed by atoms with Crippen LogP contribution in [-0.4, -0.2) is 89.0 Å². The Kier molecular flexibility index (Phi) is 35.7. The summed E-state index contributed by atoms with van der Waals surface area (Å²) in [6.45, 7) is 3.22. The molecule has 0 aromatic heterocycles. The molecule has 2 unspecified atom stereocenters. The molecule has 1 saturated heterocycles. The van der Waals surface area contributed by atoms with Crippen molar-refractivity contribution in [1.82, 2.24) is 0 Å². The molecule has 1 aliphatic heterocycles. The molecule has 0 radical (unpaired) electrons. The van der Waals surface area contributed by atoms with Gasteiger partial charge in [0.25, 0.3) is 0 Å². The van der Waals surface area contributed by atoms with Crippen molar-refractivity contribution >= 4 is 11.9 Å². The standard InChI is InChI=1S/C49H80O10/c1-3-5-7-9-11-13-15-17-19-20-21-22-24-26-28-30-32-34-36-38-45(52)58-42(41-57-49-48(55)47(54)46(53)43(39-50)59-49)40-56-44(51)37-35-33-31-29-27-25-23-18-16-14-12-10-8-6-4-2/h5,7,11,13,16-17,19,21-23,26,28,42-43,46-50,53-55H,3-4,6,8-10,12,14-15,20,24-25,27,29-41H2,1-2H3/b7-5+,13-11+,19-17+,22-21+,28-26+/t18?,42-,43-,46+,47?,48?,49-/m1/s1. The Balaban J connectivity index is 2.38. The first-order valence-electron chi connectivity index (χ1n) is 22.7. The Morgan fingerprint density at radius 2 is 1.10 bits per heavy atom. The number of rotatable bonds is 36. The normalized spacial score (nSPS) is 20.3. The molecular weight excluding hydrogens is 749 g/mol. The zero-order chi connectivity index (χ0) is 43.0. The van der Waals surface area contributed by atoms with Crippen LogP contribution in [-0.2, 0) is 28.5 Å². The molecule has 4 N–H and O–H groups in total. The predicted molar refractivity (Wildman–Crippen MR) is 236 cm³/mol. The van der Waals surface area contributed by atoms with Crippen molar-refractivity contribution in [1.29, 1.82) is 0 Å². The van der Waals surface area contributed by atoms with Gasteiger partial charge in [0.1, 0.15) is 31.0 Å². The molecular formula is C49H80O10. The van der Waals surface area contributed by atoms with E-state index in [9.17, 15) is 30.0 Å². The van der Waals surface area contributed by atoms with Crippen LogP contribution in [0.4, 0.5) is 0 Å². The number of allylic oxidation sites excluding steroid dienone is 11. The van der Waals surface area contributed by atoms with Crippen LogP contribution >= 0.6 is 0 Å². The highest BCUT2D eigenvalue weighted by Crippen LogP contribution is 2.22. The van der Waals surface area contributed by atoms with Crippen LogP contribution < -0.4 is 0 Å². The van der Waals surface area contributed by atoms with Crippen molar-refractivity contribution in [2.45, 2.75) is 198 Å². The van der Waals surface area contributed by atoms with Gasteiger partial charge in [-0.1, -0.05) is 126 Å². The summed E-state index contributed by atoms with van der Waals surface area (Å²) in [5.41, 5.74) is 3.29. The van der Waals surface area contributed by atoms with Gasteiger partial charge in [-0.05, 0) is 95.6 Å². The highest BCUT2D eigenvalue weighted by Gasteiger charge is 2.44. The van der Waals surface area contributed by atoms with Gasteiger partial charge in [-0.2, -0.15) is 0 Å². The summed E-state index contributed by atoms with van der Waals surface area (Å²) < 4.78 is 22.1. The highest BCUT2D eigenvalue weighted by atomic mass is 16.7. The van der Waals surface area contributed by atoms with E-state index >= 15 is 0 Å². The Morgan fingerprint density at radius 1 is 0.593 bits per heavy atom. The summed E-state index contributed by atoms with van der Waals surface area (Å²) in [6, 6.07) is 0. The van der Waals surface area contributed by atoms with Crippen LogP contribution in [0, 0.1) is 0 Å². The Labute approximate surface area is 356 Å². The Hall–Kier alpha value is -3.08. The van der Waals surface area contributed by atoms with E-state index in [1.807, 2.05) is 0 Å². The topological polar surface area (TPSA) is 152 Å². The maximum atomic E-state index is 12.8. The summed E-state index contributed by atoms with van der Waals surface area (Å²) in [6.07, 6.45) is 39.7. The number of hydrogen-bond acceptors (Lipinski definition) is 10. The van der Waals surface area contributed by atoms with Crippen LogP contribution in [0.3, 0.4) is 0 Å². The number of carbonyl (C=O) groups excluding carboxylic acids is 2. The van der Waals surface area contributed by atoms with E-state index < -0.39 is 55.4 Å². The summed E-state index contributed by atoms with van der Waals surface area (Å²) in [4.78, 5) is 25.3. The van der Waals surface area contributed by atoms with E-state index in [1.54, 1.807) is 0 Å². The van der Waals surface area contributed by atoms with E-state index in [1.165, 1.54) is 32.1 Å². The molecule has 0 amide bonds. The zero-order valence-corrected chi connectivity index (χ0v) is 36.5. The fraction of sp³-hybridized carbons (Fsp3) is 0.694. The van der Waals surface area contributed by atoms with Crippen molar-refractivity contribution in [3.63, 3.8) is 0 Å². The molecule has 0 spiro atoms. The van der Waals surface area contributed by atoms with Gasteiger partial charge >= 0.3 is 11.9 Å². The summed E-state index contributed by atoms with van der Waals surface area (Å²) in [5.74, 6) is -0.872. The van der Waals surface area contributed by atoms with E-state index in [-0.39, 0.29) is 26.1 Å². The molecule has 1 aliphatic rings. The number of esters is 2. The van der Waals surface area contributed by atoms with E-state index in [2.05, 4.69) is 92.5 Å². The van der Waals surface area contributed by atoms with Crippen molar-refractivity contribution in [3.8, 4) is 0 Å². The number of unbranched alkanes of at least 4 members (excludes halogenated alkanes) is 13. The maximum Gasteiger partial charge on any atom is 0.306 e. The Bertz CT molecular complexity index is 1250. The monoisotopic (exact) mass is 829 g/mol. The summed E-state index contributed by atoms with van der Waals surface area (Å²) in [7, 11) is 0. The van der Waals surface area contributed by atoms with Crippen LogP contribution in [0.15, 0.2) is 78.6 Å². The third kappa shape index (κ3) is 30.6. The van der Waals surface area contributed by atoms with Crippen molar-refractivity contribution in [2.75, 3.05) is 19.8 Å². The minimum absolute atomic E-state index is 0.182. The molecule has 0 saturated carbocycles. The third-order valence-electron chi connectivity index (χ3n) is 9.85. The molecule has 336 valence electrons. The van der Waals surface area contributed by atoms with E-state index in [0.29, 0.717) is 12.8 Å². The van der Waals surface area contributed by atoms with Gasteiger partial charge in [0.2, 0.25) is 0 Å². The van der Waals surface area contributed by atoms with Gasteiger partial charge in [-0.15, -0.1) is 5.73 Å². The molecule has 10 nitrogen and oxygen atoms in total. The van der Waals surface area contributed by atoms with Crippen molar-refractivity contribution < 1.29 is 49.0 Å². The number of carbonyl (C=O) groups is 2. The van der Waals surface area contributed by atoms with Crippen molar-refractivity contribution in [2.24, 2.45) is 0 Å². The van der Waals surface area contributed by atoms with Crippen LogP contribution in [0.5, 0.6) is 0 Å². The second-order valence-corrected chi connectivity index (χ2v) is 15.2. The molecule has 6 atom stereocenters. The molecule has 1 rings (SSSR count). The van der Waals surface area contributed by atoms with Gasteiger partial charge in [0.05, 0.1) is 13.2 Å². The average molecular weight is 829 g/mol. The highest BCUT2D eigenvalue weighted by molar-refractivity contribution is 5.70. The zero-order valence-electron chi connectivity index (χ0n) is 36.5. The molecule has 1 heterocycles. The van der Waals surface area contributed by atoms with Gasteiger partial charge in [0, 0.05) is 12.8 Å². The SMILES string of the molecule is CC/C=C/C/C=C/C/C=C/C/C=C/C/C=C/CCCCCC(=O)O[C@H](COC(=O)CCCCCCCC=C=CCCCCCCC)CO[C@@H]1O[C@H](CO)[C@H](O)C(O)C1O. The lowest BCUT2D eigenvalue weighted by Gasteiger charge is -2.39. The van der Waals surface area contributed by atoms with Crippen molar-refractivity contribution in [3.05, 3.63) is 78.6 Å². The number of hydrogen-bond donors (Lipinski definition) is 4. The molecule has 1 fully saturated rings. The first-order chi connectivity index (χ1) is 28.8. The van der Waals surface area contributed by atoms with Gasteiger partial charge in [0.15, 0.2) is 12.4 Å². The Morgan fingerprint density at radius 3 is 1.69 bits per heavy atom. The fourth-order valence-corrected chi connectivity index (χ4v) is 6.25. The maximum absolute atomic E-state index is 12.8. The lowest BCUT2D eigenvalue weighted by molar-refractivity contribution is -0.305. The first kappa shape index (κ1) is 53.9. The van der Waals surface area contributed by atoms with Crippen LogP contribution in [0.2, 0.25) is 0 Å². The second-order valence-electron chi connectivity index (χ2n) is 15.2. The molecule has 0 aromatic rings. The largest absolute Gasteiger partial charge is 0.462 e. The molecule has 0 aromatic carbocycles. The van der Waals surface area contributed by atoms with Crippen LogP contribution in [0.25, 0.3) is 0 Å². The third-order valence-corrected chi connectivity index (χ3v) is 9.85. The van der Waals surface area contributed by atoms with Crippen LogP contribution in [0.1, 0.15) is 162 Å². The molecule has 0 aliphatic carbocycles. The number of ether oxygens (including phenoxy) is 4.